The normalized spacial score (nSPS) is 12.2. The molecule has 3 rings (SSSR count). The van der Waals surface area contributed by atoms with Crippen LogP contribution in [0.25, 0.3) is 10.9 Å². The van der Waals surface area contributed by atoms with Crippen molar-refractivity contribution in [1.29, 1.82) is 0 Å². The van der Waals surface area contributed by atoms with Gasteiger partial charge in [-0.05, 0) is 18.1 Å². The van der Waals surface area contributed by atoms with Gasteiger partial charge in [0.25, 0.3) is 0 Å². The van der Waals surface area contributed by atoms with Gasteiger partial charge in [-0.1, -0.05) is 55.8 Å². The summed E-state index contributed by atoms with van der Waals surface area (Å²) in [4.78, 5) is 27.1. The average molecular weight is 476 g/mol. The zero-order chi connectivity index (χ0) is 24.1. The van der Waals surface area contributed by atoms with E-state index in [0.29, 0.717) is 17.4 Å². The second-order valence-corrected chi connectivity index (χ2v) is 8.57. The number of nitrogens with zero attached hydrogens (tertiary/aromatic N) is 3. The zero-order valence-electron chi connectivity index (χ0n) is 18.5. The Labute approximate surface area is 196 Å². The number of carbonyl (C=O) groups is 2. The van der Waals surface area contributed by atoms with Crippen LogP contribution in [0.2, 0.25) is 5.02 Å². The number of aromatic nitrogens is 2. The molecule has 8 nitrogen and oxygen atoms in total. The summed E-state index contributed by atoms with van der Waals surface area (Å²) in [5.74, 6) is -1.22. The van der Waals surface area contributed by atoms with E-state index in [-0.39, 0.29) is 47.7 Å². The molecule has 0 bridgehead atoms. The van der Waals surface area contributed by atoms with Crippen molar-refractivity contribution >= 4 is 34.3 Å². The molecule has 0 aliphatic rings. The molecule has 2 aromatic carbocycles. The van der Waals surface area contributed by atoms with Crippen LogP contribution in [0.1, 0.15) is 31.3 Å². The van der Waals surface area contributed by atoms with E-state index in [1.807, 2.05) is 13.8 Å². The van der Waals surface area contributed by atoms with Crippen LogP contribution in [0, 0.1) is 11.7 Å². The lowest BCUT2D eigenvalue weighted by atomic mass is 10.2. The number of hydrogen-bond acceptors (Lipinski definition) is 5. The Morgan fingerprint density at radius 2 is 1.97 bits per heavy atom. The average Bonchev–Trinajstić information content (AvgIpc) is 3.13. The number of nitrogens with two attached hydrogens (primary N) is 1. The van der Waals surface area contributed by atoms with Crippen molar-refractivity contribution in [3.63, 3.8) is 0 Å². The highest BCUT2D eigenvalue weighted by molar-refractivity contribution is 6.30. The van der Waals surface area contributed by atoms with Crippen LogP contribution in [-0.2, 0) is 22.7 Å². The first-order chi connectivity index (χ1) is 15.7. The van der Waals surface area contributed by atoms with E-state index in [0.717, 1.165) is 0 Å². The molecule has 1 unspecified atom stereocenters. The molecule has 10 heteroatoms. The minimum absolute atomic E-state index is 0.0215. The van der Waals surface area contributed by atoms with Gasteiger partial charge in [-0.15, -0.1) is 0 Å². The van der Waals surface area contributed by atoms with Gasteiger partial charge < -0.3 is 21.1 Å². The first kappa shape index (κ1) is 24.6. The molecule has 0 aliphatic heterocycles. The number of amides is 2. The molecule has 176 valence electrons. The van der Waals surface area contributed by atoms with E-state index in [2.05, 4.69) is 10.4 Å². The molecule has 1 heterocycles. The van der Waals surface area contributed by atoms with Gasteiger partial charge in [0, 0.05) is 24.0 Å². The monoisotopic (exact) mass is 475 g/mol. The molecule has 0 saturated carbocycles. The summed E-state index contributed by atoms with van der Waals surface area (Å²) in [6.07, 6.45) is -1.28. The Balaban J connectivity index is 1.72. The van der Waals surface area contributed by atoms with Gasteiger partial charge in [0.1, 0.15) is 24.3 Å². The third-order valence-corrected chi connectivity index (χ3v) is 5.32. The van der Waals surface area contributed by atoms with Gasteiger partial charge in [0.2, 0.25) is 11.8 Å². The lowest BCUT2D eigenvalue weighted by Crippen LogP contribution is -2.43. The topological polar surface area (TPSA) is 113 Å². The molecule has 1 aromatic heterocycles. The van der Waals surface area contributed by atoms with Crippen LogP contribution in [0.5, 0.6) is 0 Å². The Morgan fingerprint density at radius 1 is 1.24 bits per heavy atom. The van der Waals surface area contributed by atoms with Crippen LogP contribution >= 0.6 is 11.6 Å². The van der Waals surface area contributed by atoms with Gasteiger partial charge >= 0.3 is 0 Å². The number of hydrogen-bond donors (Lipinski definition) is 3. The second kappa shape index (κ2) is 10.7. The molecular formula is C23H27ClFN5O3. The SMILES string of the molecule is CC(C)CN(CC(=O)NCc1cccc(Cl)c1F)C(=O)Cn1nc(C(N)O)c2ccccc21. The van der Waals surface area contributed by atoms with Crippen molar-refractivity contribution in [3.8, 4) is 0 Å². The highest BCUT2D eigenvalue weighted by Crippen LogP contribution is 2.22. The third kappa shape index (κ3) is 6.07. The fourth-order valence-electron chi connectivity index (χ4n) is 3.52. The summed E-state index contributed by atoms with van der Waals surface area (Å²) in [6.45, 7) is 3.86. The number of para-hydroxylation sites is 1. The van der Waals surface area contributed by atoms with Gasteiger partial charge in [-0.3, -0.25) is 14.3 Å². The molecule has 0 saturated heterocycles. The molecule has 0 radical (unpaired) electrons. The molecule has 1 atom stereocenters. The molecule has 3 aromatic rings. The van der Waals surface area contributed by atoms with Gasteiger partial charge in [0.05, 0.1) is 17.1 Å². The Morgan fingerprint density at radius 3 is 2.67 bits per heavy atom. The maximum Gasteiger partial charge on any atom is 0.244 e. The van der Waals surface area contributed by atoms with Gasteiger partial charge in [-0.2, -0.15) is 5.10 Å². The minimum atomic E-state index is -1.28. The predicted molar refractivity (Wildman–Crippen MR) is 124 cm³/mol. The molecule has 33 heavy (non-hydrogen) atoms. The number of halogens is 2. The van der Waals surface area contributed by atoms with Crippen molar-refractivity contribution in [2.75, 3.05) is 13.1 Å². The largest absolute Gasteiger partial charge is 0.373 e. The second-order valence-electron chi connectivity index (χ2n) is 8.16. The summed E-state index contributed by atoms with van der Waals surface area (Å²) < 4.78 is 15.5. The van der Waals surface area contributed by atoms with Crippen LogP contribution in [-0.4, -0.2) is 44.7 Å². The summed E-state index contributed by atoms with van der Waals surface area (Å²) in [5.41, 5.74) is 6.79. The van der Waals surface area contributed by atoms with Gasteiger partial charge in [0.15, 0.2) is 0 Å². The number of rotatable bonds is 9. The molecule has 2 amide bonds. The van der Waals surface area contributed by atoms with E-state index < -0.39 is 18.0 Å². The molecule has 0 fully saturated rings. The Bertz CT molecular complexity index is 1150. The maximum atomic E-state index is 14.1. The standard InChI is InChI=1S/C23H27ClFN5O3/c1-14(2)11-29(12-19(31)27-10-15-6-5-8-17(24)21(15)25)20(32)13-30-18-9-4-3-7-16(18)22(28-30)23(26)33/h3-9,14,23,33H,10-13,26H2,1-2H3,(H,27,31). The fraction of sp³-hybridized carbons (Fsp3) is 0.348. The number of fused-ring (bicyclic) bond motifs is 1. The van der Waals surface area contributed by atoms with Crippen molar-refractivity contribution in [1.82, 2.24) is 20.0 Å². The van der Waals surface area contributed by atoms with E-state index in [1.165, 1.54) is 21.7 Å². The van der Waals surface area contributed by atoms with E-state index in [1.54, 1.807) is 30.3 Å². The number of aliphatic hydroxyl groups is 1. The Hall–Kier alpha value is -3.01. The van der Waals surface area contributed by atoms with Crippen molar-refractivity contribution in [3.05, 3.63) is 64.6 Å². The quantitative estimate of drug-likeness (QED) is 0.412. The highest BCUT2D eigenvalue weighted by Gasteiger charge is 2.22. The molecule has 4 N–H and O–H groups in total. The minimum Gasteiger partial charge on any atom is -0.373 e. The van der Waals surface area contributed by atoms with Crippen molar-refractivity contribution in [2.24, 2.45) is 11.7 Å². The number of nitrogens with one attached hydrogen (secondary N) is 1. The Kier molecular flexibility index (Phi) is 8.01. The molecule has 0 spiro atoms. The summed E-state index contributed by atoms with van der Waals surface area (Å²) in [5, 5.41) is 17.4. The third-order valence-electron chi connectivity index (χ3n) is 5.03. The molecule has 0 aliphatic carbocycles. The smallest absolute Gasteiger partial charge is 0.244 e. The highest BCUT2D eigenvalue weighted by atomic mass is 35.5. The van der Waals surface area contributed by atoms with E-state index in [9.17, 15) is 19.1 Å². The van der Waals surface area contributed by atoms with Crippen molar-refractivity contribution < 1.29 is 19.1 Å². The van der Waals surface area contributed by atoms with Crippen LogP contribution < -0.4 is 11.1 Å². The van der Waals surface area contributed by atoms with E-state index in [4.69, 9.17) is 17.3 Å². The first-order valence-corrected chi connectivity index (χ1v) is 10.9. The van der Waals surface area contributed by atoms with Crippen LogP contribution in [0.4, 0.5) is 4.39 Å². The predicted octanol–water partition coefficient (Wildman–Crippen LogP) is 2.58. The maximum absolute atomic E-state index is 14.1. The lowest BCUT2D eigenvalue weighted by Gasteiger charge is -2.24. The fourth-order valence-corrected chi connectivity index (χ4v) is 3.72. The summed E-state index contributed by atoms with van der Waals surface area (Å²) in [6, 6.07) is 11.7. The van der Waals surface area contributed by atoms with Gasteiger partial charge in [-0.25, -0.2) is 4.39 Å². The first-order valence-electron chi connectivity index (χ1n) is 10.5. The zero-order valence-corrected chi connectivity index (χ0v) is 19.2. The number of benzene rings is 2. The summed E-state index contributed by atoms with van der Waals surface area (Å²) >= 11 is 5.78. The molecular weight excluding hydrogens is 449 g/mol. The number of aliphatic hydroxyl groups excluding tert-OH is 1. The number of carbonyl (C=O) groups excluding carboxylic acids is 2. The lowest BCUT2D eigenvalue weighted by molar-refractivity contribution is -0.137. The van der Waals surface area contributed by atoms with Crippen molar-refractivity contribution in [2.45, 2.75) is 33.2 Å². The summed E-state index contributed by atoms with van der Waals surface area (Å²) in [7, 11) is 0. The van der Waals surface area contributed by atoms with Crippen LogP contribution in [0.15, 0.2) is 42.5 Å². The van der Waals surface area contributed by atoms with E-state index >= 15 is 0 Å². The van der Waals surface area contributed by atoms with Crippen LogP contribution in [0.3, 0.4) is 0 Å².